The van der Waals surface area contributed by atoms with Crippen molar-refractivity contribution in [3.8, 4) is 33.4 Å². The van der Waals surface area contributed by atoms with Crippen LogP contribution in [-0.2, 0) is 5.41 Å². The number of aliphatic imine (C=N–C) groups is 1. The summed E-state index contributed by atoms with van der Waals surface area (Å²) >= 11 is 0. The number of nitrogens with zero attached hydrogens (tertiary/aromatic N) is 1. The molecular formula is C61H42N2O. The Kier molecular flexibility index (Phi) is 8.67. The van der Waals surface area contributed by atoms with E-state index in [1.807, 2.05) is 60.7 Å². The molecule has 10 aromatic carbocycles. The Bertz CT molecular complexity index is 3770. The van der Waals surface area contributed by atoms with Crippen LogP contribution in [0.4, 0.5) is 0 Å². The van der Waals surface area contributed by atoms with Gasteiger partial charge in [-0.15, -0.1) is 0 Å². The molecule has 3 heteroatoms. The zero-order valence-corrected chi connectivity index (χ0v) is 35.6. The van der Waals surface area contributed by atoms with Crippen LogP contribution in [-0.4, -0.2) is 11.5 Å². The number of hydrogen-bond donors (Lipinski definition) is 1. The lowest BCUT2D eigenvalue weighted by Gasteiger charge is -2.24. The smallest absolute Gasteiger partial charge is 0.152 e. The number of amidine groups is 1. The van der Waals surface area contributed by atoms with Crippen molar-refractivity contribution in [2.45, 2.75) is 19.3 Å². The Morgan fingerprint density at radius 3 is 1.89 bits per heavy atom. The molecule has 0 radical (unpaired) electrons. The van der Waals surface area contributed by atoms with Crippen molar-refractivity contribution in [3.63, 3.8) is 0 Å². The number of para-hydroxylation sites is 1. The molecule has 0 bridgehead atoms. The number of rotatable bonds is 6. The topological polar surface area (TPSA) is 49.4 Å². The third kappa shape index (κ3) is 5.96. The molecule has 302 valence electrons. The van der Waals surface area contributed by atoms with Gasteiger partial charge in [0.25, 0.3) is 0 Å². The van der Waals surface area contributed by atoms with Gasteiger partial charge in [-0.2, -0.15) is 0 Å². The van der Waals surface area contributed by atoms with E-state index in [9.17, 15) is 0 Å². The first kappa shape index (κ1) is 37.6. The summed E-state index contributed by atoms with van der Waals surface area (Å²) in [4.78, 5) is 5.00. The van der Waals surface area contributed by atoms with Gasteiger partial charge in [0.1, 0.15) is 11.2 Å². The minimum absolute atomic E-state index is 0.135. The summed E-state index contributed by atoms with van der Waals surface area (Å²) in [6.45, 7) is 4.76. The summed E-state index contributed by atoms with van der Waals surface area (Å²) in [5, 5.41) is 18.5. The molecule has 11 aromatic rings. The lowest BCUT2D eigenvalue weighted by atomic mass is 9.79. The van der Waals surface area contributed by atoms with Gasteiger partial charge in [0, 0.05) is 27.3 Å². The molecule has 64 heavy (non-hydrogen) atoms. The Hall–Kier alpha value is -8.14. The molecule has 0 aliphatic heterocycles. The monoisotopic (exact) mass is 818 g/mol. The molecule has 0 saturated carbocycles. The first-order valence-corrected chi connectivity index (χ1v) is 22.0. The van der Waals surface area contributed by atoms with Crippen LogP contribution in [0.15, 0.2) is 216 Å². The van der Waals surface area contributed by atoms with Crippen LogP contribution in [0.5, 0.6) is 0 Å². The van der Waals surface area contributed by atoms with E-state index in [0.717, 1.165) is 44.0 Å². The molecule has 1 aliphatic carbocycles. The fraction of sp³-hybridized carbons (Fsp3) is 0.0492. The third-order valence-electron chi connectivity index (χ3n) is 13.4. The van der Waals surface area contributed by atoms with Crippen molar-refractivity contribution < 1.29 is 4.42 Å². The predicted octanol–water partition coefficient (Wildman–Crippen LogP) is 16.2. The summed E-state index contributed by atoms with van der Waals surface area (Å²) in [6.07, 6.45) is 4.19. The van der Waals surface area contributed by atoms with Gasteiger partial charge in [0.2, 0.25) is 0 Å². The fourth-order valence-electron chi connectivity index (χ4n) is 10.4. The molecule has 1 aliphatic rings. The van der Waals surface area contributed by atoms with Gasteiger partial charge in [0.05, 0.1) is 5.71 Å². The number of benzene rings is 10. The fourth-order valence-corrected chi connectivity index (χ4v) is 10.4. The van der Waals surface area contributed by atoms with E-state index < -0.39 is 0 Å². The summed E-state index contributed by atoms with van der Waals surface area (Å²) < 4.78 is 6.29. The van der Waals surface area contributed by atoms with Crippen LogP contribution in [0.25, 0.3) is 93.7 Å². The van der Waals surface area contributed by atoms with Crippen molar-refractivity contribution in [2.75, 3.05) is 0 Å². The first-order chi connectivity index (χ1) is 31.4. The highest BCUT2D eigenvalue weighted by atomic mass is 16.3. The highest BCUT2D eigenvalue weighted by molar-refractivity contribution is 6.26. The number of furan rings is 1. The highest BCUT2D eigenvalue weighted by Crippen LogP contribution is 2.52. The number of allylic oxidation sites excluding steroid dienone is 1. The Labute approximate surface area is 371 Å². The normalized spacial score (nSPS) is 13.4. The van der Waals surface area contributed by atoms with Gasteiger partial charge in [-0.1, -0.05) is 202 Å². The molecule has 0 atom stereocenters. The molecule has 3 nitrogen and oxygen atoms in total. The van der Waals surface area contributed by atoms with Crippen LogP contribution < -0.4 is 0 Å². The molecule has 0 unspecified atom stereocenters. The molecule has 1 N–H and O–H groups in total. The van der Waals surface area contributed by atoms with Crippen LogP contribution >= 0.6 is 0 Å². The zero-order chi connectivity index (χ0) is 42.9. The molecule has 12 rings (SSSR count). The number of nitrogens with one attached hydrogen (secondary N) is 1. The minimum Gasteiger partial charge on any atom is -0.456 e. The van der Waals surface area contributed by atoms with Gasteiger partial charge in [-0.3, -0.25) is 5.41 Å². The van der Waals surface area contributed by atoms with Crippen molar-refractivity contribution in [3.05, 3.63) is 234 Å². The second kappa shape index (κ2) is 14.8. The van der Waals surface area contributed by atoms with Crippen LogP contribution in [0.2, 0.25) is 0 Å². The van der Waals surface area contributed by atoms with Gasteiger partial charge < -0.3 is 4.42 Å². The van der Waals surface area contributed by atoms with Gasteiger partial charge >= 0.3 is 0 Å². The largest absolute Gasteiger partial charge is 0.456 e. The van der Waals surface area contributed by atoms with Crippen LogP contribution in [0.1, 0.15) is 41.7 Å². The van der Waals surface area contributed by atoms with Crippen molar-refractivity contribution in [1.29, 1.82) is 5.41 Å². The average molecular weight is 819 g/mol. The molecular weight excluding hydrogens is 777 g/mol. The molecule has 1 heterocycles. The summed E-state index contributed by atoms with van der Waals surface area (Å²) in [7, 11) is 0. The van der Waals surface area contributed by atoms with Gasteiger partial charge in [-0.25, -0.2) is 4.99 Å². The van der Waals surface area contributed by atoms with Crippen LogP contribution in [0, 0.1) is 5.41 Å². The second-order valence-corrected chi connectivity index (χ2v) is 17.4. The van der Waals surface area contributed by atoms with Crippen molar-refractivity contribution >= 4 is 71.9 Å². The predicted molar refractivity (Wildman–Crippen MR) is 270 cm³/mol. The molecule has 0 saturated heterocycles. The van der Waals surface area contributed by atoms with E-state index in [4.69, 9.17) is 14.8 Å². The van der Waals surface area contributed by atoms with Crippen molar-refractivity contribution in [1.82, 2.24) is 0 Å². The maximum absolute atomic E-state index is 9.08. The van der Waals surface area contributed by atoms with E-state index in [-0.39, 0.29) is 11.3 Å². The Morgan fingerprint density at radius 1 is 0.500 bits per heavy atom. The van der Waals surface area contributed by atoms with E-state index in [0.29, 0.717) is 5.71 Å². The third-order valence-corrected chi connectivity index (χ3v) is 13.4. The molecule has 0 spiro atoms. The summed E-state index contributed by atoms with van der Waals surface area (Å²) in [5.74, 6) is 0.197. The van der Waals surface area contributed by atoms with Crippen molar-refractivity contribution in [2.24, 2.45) is 4.99 Å². The second-order valence-electron chi connectivity index (χ2n) is 17.4. The lowest BCUT2D eigenvalue weighted by Crippen LogP contribution is -2.15. The molecule has 0 amide bonds. The number of fused-ring (bicyclic) bond motifs is 10. The highest BCUT2D eigenvalue weighted by Gasteiger charge is 2.37. The Balaban J connectivity index is 0.957. The van der Waals surface area contributed by atoms with Gasteiger partial charge in [-0.05, 0) is 107 Å². The number of hydrogen-bond acceptors (Lipinski definition) is 2. The van der Waals surface area contributed by atoms with E-state index in [2.05, 4.69) is 166 Å². The average Bonchev–Trinajstić information content (AvgIpc) is 3.84. The maximum atomic E-state index is 9.08. The van der Waals surface area contributed by atoms with Crippen LogP contribution in [0.3, 0.4) is 0 Å². The minimum atomic E-state index is -0.135. The molecule has 1 aromatic heterocycles. The standard InChI is InChI=1S/C61H42N2O/c1-61(2)54-37-41(29-32-50(54)51-33-28-38-15-6-7-19-44(38)59(51)61)43-34-35-49(47-22-11-10-21-46(43)47)48-31-27-39(42-18-8-9-20-45(42)48)30-36-55(63-60(62)40-16-4-3-5-17-40)52-24-14-26-57-58(52)53-23-12-13-25-56(53)64-57/h3-37,62H,1-2H3/b36-30+,62-60?,63-55?. The van der Waals surface area contributed by atoms with E-state index in [1.165, 1.54) is 71.4 Å². The lowest BCUT2D eigenvalue weighted by molar-refractivity contribution is 0.666. The molecule has 0 fully saturated rings. The quantitative estimate of drug-likeness (QED) is 0.132. The SMILES string of the molecule is CC1(C)c2cc(-c3ccc(-c4ccc(/C=C/C(=NC(=N)c5ccccc5)c5cccc6oc7ccccc7c56)c5ccccc45)c4ccccc34)ccc2-c2ccc3ccccc3c21. The van der Waals surface area contributed by atoms with Gasteiger partial charge in [0.15, 0.2) is 5.84 Å². The Morgan fingerprint density at radius 2 is 1.09 bits per heavy atom. The summed E-state index contributed by atoms with van der Waals surface area (Å²) in [6, 6.07) is 71.0. The summed E-state index contributed by atoms with van der Waals surface area (Å²) in [5.41, 5.74) is 15.2. The maximum Gasteiger partial charge on any atom is 0.152 e. The van der Waals surface area contributed by atoms with E-state index >= 15 is 0 Å². The first-order valence-electron chi connectivity index (χ1n) is 22.0. The zero-order valence-electron chi connectivity index (χ0n) is 35.6. The van der Waals surface area contributed by atoms with E-state index in [1.54, 1.807) is 0 Å².